The second kappa shape index (κ2) is 8.86. The summed E-state index contributed by atoms with van der Waals surface area (Å²) >= 11 is 0. The Morgan fingerprint density at radius 3 is 2.07 bits per heavy atom. The molecule has 3 aromatic rings. The topological polar surface area (TPSA) is 35.5 Å². The minimum absolute atomic E-state index is 0.278. The second-order valence-corrected chi connectivity index (χ2v) is 6.44. The highest BCUT2D eigenvalue weighted by Crippen LogP contribution is 2.38. The van der Waals surface area contributed by atoms with Crippen LogP contribution in [0.25, 0.3) is 17.2 Å². The first-order valence-electron chi connectivity index (χ1n) is 9.04. The molecule has 0 unspecified atom stereocenters. The molecule has 3 aromatic carbocycles. The Morgan fingerprint density at radius 2 is 1.50 bits per heavy atom. The first-order chi connectivity index (χ1) is 14.3. The van der Waals surface area contributed by atoms with E-state index < -0.39 is 11.7 Å². The molecule has 0 fully saturated rings. The summed E-state index contributed by atoms with van der Waals surface area (Å²) in [4.78, 5) is 12.8. The Balaban J connectivity index is 2.02. The average Bonchev–Trinajstić information content (AvgIpc) is 2.76. The average molecular weight is 412 g/mol. The van der Waals surface area contributed by atoms with Gasteiger partial charge in [0.25, 0.3) is 0 Å². The van der Waals surface area contributed by atoms with Gasteiger partial charge >= 0.3 is 6.18 Å². The molecule has 0 aromatic heterocycles. The molecule has 154 valence electrons. The third kappa shape index (κ3) is 4.71. The summed E-state index contributed by atoms with van der Waals surface area (Å²) in [7, 11) is 2.88. The number of rotatable bonds is 6. The lowest BCUT2D eigenvalue weighted by atomic mass is 9.97. The molecule has 0 radical (unpaired) electrons. The third-order valence-corrected chi connectivity index (χ3v) is 4.54. The fourth-order valence-electron chi connectivity index (χ4n) is 2.98. The third-order valence-electron chi connectivity index (χ3n) is 4.54. The maximum absolute atomic E-state index is 12.9. The van der Waals surface area contributed by atoms with Crippen LogP contribution in [0.1, 0.15) is 21.5 Å². The second-order valence-electron chi connectivity index (χ2n) is 6.44. The van der Waals surface area contributed by atoms with Crippen LogP contribution < -0.4 is 9.47 Å². The molecule has 0 heterocycles. The maximum atomic E-state index is 12.9. The first-order valence-corrected chi connectivity index (χ1v) is 9.04. The van der Waals surface area contributed by atoms with Crippen molar-refractivity contribution in [3.8, 4) is 22.6 Å². The SMILES string of the molecule is COc1cc(OC)c(-c2ccc(C(F)(F)F)cc2)cc1C(=O)/C=C/c1ccccc1. The number of ketones is 1. The highest BCUT2D eigenvalue weighted by Gasteiger charge is 2.30. The number of carbonyl (C=O) groups excluding carboxylic acids is 1. The van der Waals surface area contributed by atoms with Crippen LogP contribution in [0.3, 0.4) is 0 Å². The van der Waals surface area contributed by atoms with Crippen molar-refractivity contribution < 1.29 is 27.4 Å². The van der Waals surface area contributed by atoms with Gasteiger partial charge in [-0.2, -0.15) is 13.2 Å². The van der Waals surface area contributed by atoms with Crippen molar-refractivity contribution in [2.45, 2.75) is 6.18 Å². The number of alkyl halides is 3. The molecule has 0 N–H and O–H groups in total. The number of allylic oxidation sites excluding steroid dienone is 1. The van der Waals surface area contributed by atoms with Crippen molar-refractivity contribution in [1.82, 2.24) is 0 Å². The molecule has 30 heavy (non-hydrogen) atoms. The van der Waals surface area contributed by atoms with Crippen LogP contribution in [0, 0.1) is 0 Å². The van der Waals surface area contributed by atoms with Gasteiger partial charge in [-0.05, 0) is 35.4 Å². The quantitative estimate of drug-likeness (QED) is 0.353. The minimum Gasteiger partial charge on any atom is -0.496 e. The van der Waals surface area contributed by atoms with Crippen molar-refractivity contribution >= 4 is 11.9 Å². The molecule has 0 aliphatic carbocycles. The van der Waals surface area contributed by atoms with Gasteiger partial charge in [0.2, 0.25) is 0 Å². The number of carbonyl (C=O) groups is 1. The maximum Gasteiger partial charge on any atom is 0.416 e. The van der Waals surface area contributed by atoms with Gasteiger partial charge in [-0.1, -0.05) is 48.5 Å². The summed E-state index contributed by atoms with van der Waals surface area (Å²) in [6.45, 7) is 0. The molecular formula is C24H19F3O3. The monoisotopic (exact) mass is 412 g/mol. The molecule has 3 rings (SSSR count). The van der Waals surface area contributed by atoms with Crippen LogP contribution in [0.5, 0.6) is 11.5 Å². The van der Waals surface area contributed by atoms with E-state index in [1.54, 1.807) is 18.2 Å². The standard InChI is InChI=1S/C24H19F3O3/c1-29-22-15-23(30-2)20(21(28)13-8-16-6-4-3-5-7-16)14-19(22)17-9-11-18(12-10-17)24(25,26)27/h3-15H,1-2H3/b13-8+. The Hall–Kier alpha value is -3.54. The van der Waals surface area contributed by atoms with Crippen molar-refractivity contribution in [2.75, 3.05) is 14.2 Å². The number of methoxy groups -OCH3 is 2. The number of ether oxygens (including phenoxy) is 2. The summed E-state index contributed by atoms with van der Waals surface area (Å²) in [6, 6.07) is 17.1. The van der Waals surface area contributed by atoms with E-state index >= 15 is 0 Å². The fourth-order valence-corrected chi connectivity index (χ4v) is 2.98. The Bertz CT molecular complexity index is 1050. The van der Waals surface area contributed by atoms with Crippen molar-refractivity contribution in [3.63, 3.8) is 0 Å². The number of halogens is 3. The lowest BCUT2D eigenvalue weighted by Crippen LogP contribution is -2.04. The zero-order chi connectivity index (χ0) is 21.7. The molecule has 0 atom stereocenters. The van der Waals surface area contributed by atoms with E-state index in [1.807, 2.05) is 30.3 Å². The van der Waals surface area contributed by atoms with Crippen LogP contribution in [-0.4, -0.2) is 20.0 Å². The van der Waals surface area contributed by atoms with E-state index in [9.17, 15) is 18.0 Å². The van der Waals surface area contributed by atoms with E-state index in [4.69, 9.17) is 9.47 Å². The van der Waals surface area contributed by atoms with E-state index in [0.29, 0.717) is 22.6 Å². The lowest BCUT2D eigenvalue weighted by Gasteiger charge is -2.15. The molecule has 0 spiro atoms. The lowest BCUT2D eigenvalue weighted by molar-refractivity contribution is -0.137. The van der Waals surface area contributed by atoms with Crippen LogP contribution in [-0.2, 0) is 6.18 Å². The Labute approximate surface area is 172 Å². The van der Waals surface area contributed by atoms with Gasteiger partial charge in [-0.25, -0.2) is 0 Å². The summed E-state index contributed by atoms with van der Waals surface area (Å²) in [6.07, 6.45) is -1.31. The summed E-state index contributed by atoms with van der Waals surface area (Å²) in [5.74, 6) is 0.395. The largest absolute Gasteiger partial charge is 0.496 e. The predicted octanol–water partition coefficient (Wildman–Crippen LogP) is 6.29. The van der Waals surface area contributed by atoms with Crippen molar-refractivity contribution in [2.24, 2.45) is 0 Å². The highest BCUT2D eigenvalue weighted by molar-refractivity contribution is 6.09. The van der Waals surface area contributed by atoms with E-state index in [2.05, 4.69) is 0 Å². The predicted molar refractivity (Wildman–Crippen MR) is 110 cm³/mol. The van der Waals surface area contributed by atoms with Crippen molar-refractivity contribution in [1.29, 1.82) is 0 Å². The molecule has 0 saturated carbocycles. The first kappa shape index (κ1) is 21.2. The highest BCUT2D eigenvalue weighted by atomic mass is 19.4. The molecule has 0 aliphatic rings. The molecular weight excluding hydrogens is 393 g/mol. The normalized spacial score (nSPS) is 11.5. The molecule has 3 nitrogen and oxygen atoms in total. The summed E-state index contributed by atoms with van der Waals surface area (Å²) in [5.41, 5.74) is 1.37. The van der Waals surface area contributed by atoms with Gasteiger partial charge < -0.3 is 9.47 Å². The van der Waals surface area contributed by atoms with Crippen molar-refractivity contribution in [3.05, 3.63) is 89.5 Å². The number of benzene rings is 3. The van der Waals surface area contributed by atoms with Gasteiger partial charge in [0.05, 0.1) is 25.3 Å². The van der Waals surface area contributed by atoms with Gasteiger partial charge in [0, 0.05) is 11.6 Å². The van der Waals surface area contributed by atoms with E-state index in [-0.39, 0.29) is 11.3 Å². The number of hydrogen-bond donors (Lipinski definition) is 0. The summed E-state index contributed by atoms with van der Waals surface area (Å²) in [5, 5.41) is 0. The zero-order valence-corrected chi connectivity index (χ0v) is 16.4. The van der Waals surface area contributed by atoms with Crippen LogP contribution in [0.4, 0.5) is 13.2 Å². The van der Waals surface area contributed by atoms with Gasteiger partial charge in [0.1, 0.15) is 11.5 Å². The van der Waals surface area contributed by atoms with Gasteiger partial charge in [-0.3, -0.25) is 4.79 Å². The Kier molecular flexibility index (Phi) is 6.26. The number of hydrogen-bond acceptors (Lipinski definition) is 3. The molecule has 0 saturated heterocycles. The minimum atomic E-state index is -4.42. The van der Waals surface area contributed by atoms with E-state index in [0.717, 1.165) is 17.7 Å². The molecule has 6 heteroatoms. The fraction of sp³-hybridized carbons (Fsp3) is 0.125. The van der Waals surface area contributed by atoms with E-state index in [1.165, 1.54) is 32.4 Å². The molecule has 0 bridgehead atoms. The van der Waals surface area contributed by atoms with Gasteiger partial charge in [0.15, 0.2) is 5.78 Å². The van der Waals surface area contributed by atoms with Crippen LogP contribution in [0.15, 0.2) is 72.8 Å². The van der Waals surface area contributed by atoms with Gasteiger partial charge in [-0.15, -0.1) is 0 Å². The Morgan fingerprint density at radius 1 is 0.867 bits per heavy atom. The zero-order valence-electron chi connectivity index (χ0n) is 16.4. The molecule has 0 amide bonds. The molecule has 0 aliphatic heterocycles. The smallest absolute Gasteiger partial charge is 0.416 e. The van der Waals surface area contributed by atoms with Crippen LogP contribution >= 0.6 is 0 Å². The summed E-state index contributed by atoms with van der Waals surface area (Å²) < 4.78 is 49.3. The van der Waals surface area contributed by atoms with Crippen LogP contribution in [0.2, 0.25) is 0 Å².